The summed E-state index contributed by atoms with van der Waals surface area (Å²) in [5.41, 5.74) is 1.40. The van der Waals surface area contributed by atoms with E-state index in [9.17, 15) is 9.90 Å². The third-order valence-electron chi connectivity index (χ3n) is 3.44. The molecule has 7 heteroatoms. The van der Waals surface area contributed by atoms with Crippen LogP contribution < -0.4 is 5.01 Å². The van der Waals surface area contributed by atoms with Crippen LogP contribution in [0, 0.1) is 0 Å². The normalized spacial score (nSPS) is 18.6. The lowest BCUT2D eigenvalue weighted by atomic mass is 10.0. The van der Waals surface area contributed by atoms with Gasteiger partial charge < -0.3 is 5.11 Å². The zero-order valence-corrected chi connectivity index (χ0v) is 15.1. The van der Waals surface area contributed by atoms with Crippen molar-refractivity contribution in [1.29, 1.82) is 0 Å². The number of anilines is 1. The molecule has 24 heavy (non-hydrogen) atoms. The van der Waals surface area contributed by atoms with Gasteiger partial charge in [0.1, 0.15) is 5.71 Å². The molecule has 0 amide bonds. The van der Waals surface area contributed by atoms with Crippen molar-refractivity contribution in [2.75, 3.05) is 5.01 Å². The van der Waals surface area contributed by atoms with Gasteiger partial charge in [-0.2, -0.15) is 5.10 Å². The third kappa shape index (κ3) is 4.20. The number of hydrogen-bond donors (Lipinski definition) is 1. The lowest BCUT2D eigenvalue weighted by Gasteiger charge is -2.25. The van der Waals surface area contributed by atoms with Crippen LogP contribution in [0.2, 0.25) is 10.0 Å². The Morgan fingerprint density at radius 3 is 2.67 bits per heavy atom. The van der Waals surface area contributed by atoms with Gasteiger partial charge >= 0.3 is 5.97 Å². The van der Waals surface area contributed by atoms with Crippen molar-refractivity contribution in [1.82, 2.24) is 0 Å². The van der Waals surface area contributed by atoms with Crippen LogP contribution in [0.1, 0.15) is 13.3 Å². The van der Waals surface area contributed by atoms with E-state index in [4.69, 9.17) is 34.8 Å². The van der Waals surface area contributed by atoms with E-state index in [1.807, 2.05) is 0 Å². The van der Waals surface area contributed by atoms with Gasteiger partial charge in [0, 0.05) is 16.5 Å². The molecule has 1 aromatic carbocycles. The van der Waals surface area contributed by atoms with Gasteiger partial charge in [0.15, 0.2) is 0 Å². The Balaban J connectivity index is 2.50. The van der Waals surface area contributed by atoms with Crippen molar-refractivity contribution in [3.05, 3.63) is 63.7 Å². The molecule has 0 spiro atoms. The molecular weight excluding hydrogens is 371 g/mol. The number of nitrogens with zero attached hydrogens (tertiary/aromatic N) is 2. The molecule has 1 atom stereocenters. The third-order valence-corrected chi connectivity index (χ3v) is 4.10. The summed E-state index contributed by atoms with van der Waals surface area (Å²) in [6.07, 6.45) is 5.38. The maximum atomic E-state index is 11.4. The summed E-state index contributed by atoms with van der Waals surface area (Å²) in [6, 6.07) is 4.62. The van der Waals surface area contributed by atoms with Gasteiger partial charge in [-0.05, 0) is 36.8 Å². The number of aliphatic carboxylic acids is 1. The first kappa shape index (κ1) is 18.6. The van der Waals surface area contributed by atoms with E-state index in [1.54, 1.807) is 48.4 Å². The average molecular weight is 386 g/mol. The number of benzene rings is 1. The molecule has 0 fully saturated rings. The molecule has 1 aliphatic heterocycles. The minimum atomic E-state index is -1.07. The molecule has 0 aliphatic carbocycles. The molecular formula is C17H15Cl3N2O2. The summed E-state index contributed by atoms with van der Waals surface area (Å²) in [7, 11) is 0. The van der Waals surface area contributed by atoms with Gasteiger partial charge in [-0.25, -0.2) is 4.79 Å². The summed E-state index contributed by atoms with van der Waals surface area (Å²) in [4.78, 5) is 11.4. The van der Waals surface area contributed by atoms with Gasteiger partial charge in [-0.1, -0.05) is 53.5 Å². The van der Waals surface area contributed by atoms with Crippen LogP contribution in [0.3, 0.4) is 0 Å². The van der Waals surface area contributed by atoms with Crippen LogP contribution >= 0.6 is 34.8 Å². The number of hydrazone groups is 1. The molecule has 126 valence electrons. The highest BCUT2D eigenvalue weighted by Gasteiger charge is 2.33. The highest BCUT2D eigenvalue weighted by molar-refractivity contribution is 6.38. The molecule has 0 bridgehead atoms. The van der Waals surface area contributed by atoms with Gasteiger partial charge in [0.05, 0.1) is 16.8 Å². The van der Waals surface area contributed by atoms with Gasteiger partial charge in [0.25, 0.3) is 0 Å². The number of carboxylic acids is 1. The van der Waals surface area contributed by atoms with E-state index in [-0.39, 0.29) is 18.2 Å². The standard InChI is InChI=1S/C17H15Cl3N2O2/c1-3-11(5-4-10(2)18)16-9-14(17(23)24)21-22(16)15-7-6-12(19)8-13(15)20/h3-8,16H,1,9H2,2H3,(H,23,24)/b10-4+,11-5+. The molecule has 0 saturated heterocycles. The maximum Gasteiger partial charge on any atom is 0.352 e. The summed E-state index contributed by atoms with van der Waals surface area (Å²) >= 11 is 18.1. The average Bonchev–Trinajstić information content (AvgIpc) is 2.93. The minimum Gasteiger partial charge on any atom is -0.477 e. The van der Waals surface area contributed by atoms with Crippen molar-refractivity contribution in [3.63, 3.8) is 0 Å². The van der Waals surface area contributed by atoms with Crippen LogP contribution in [0.5, 0.6) is 0 Å². The largest absolute Gasteiger partial charge is 0.477 e. The molecule has 0 aromatic heterocycles. The van der Waals surface area contributed by atoms with Crippen LogP contribution in [0.25, 0.3) is 0 Å². The Hall–Kier alpha value is -1.75. The lowest BCUT2D eigenvalue weighted by Crippen LogP contribution is -2.28. The van der Waals surface area contributed by atoms with E-state index in [2.05, 4.69) is 11.7 Å². The van der Waals surface area contributed by atoms with Gasteiger partial charge in [-0.15, -0.1) is 0 Å². The fourth-order valence-corrected chi connectivity index (χ4v) is 2.87. The monoisotopic (exact) mass is 384 g/mol. The predicted octanol–water partition coefficient (Wildman–Crippen LogP) is 5.27. The topological polar surface area (TPSA) is 52.9 Å². The molecule has 1 heterocycles. The molecule has 1 N–H and O–H groups in total. The van der Waals surface area contributed by atoms with Crippen LogP contribution in [0.4, 0.5) is 5.69 Å². The molecule has 0 radical (unpaired) electrons. The number of rotatable bonds is 5. The van der Waals surface area contributed by atoms with Gasteiger partial charge in [0.2, 0.25) is 0 Å². The molecule has 2 rings (SSSR count). The molecule has 1 aromatic rings. The Bertz CT molecular complexity index is 765. The van der Waals surface area contributed by atoms with Crippen molar-refractivity contribution >= 4 is 52.2 Å². The van der Waals surface area contributed by atoms with E-state index in [0.717, 1.165) is 5.57 Å². The first-order valence-corrected chi connectivity index (χ1v) is 8.18. The van der Waals surface area contributed by atoms with Crippen molar-refractivity contribution in [2.45, 2.75) is 19.4 Å². The second kappa shape index (κ2) is 7.88. The Labute approximate surface area is 155 Å². The quantitative estimate of drug-likeness (QED) is 0.703. The summed E-state index contributed by atoms with van der Waals surface area (Å²) in [5, 5.41) is 16.5. The van der Waals surface area contributed by atoms with E-state index < -0.39 is 5.97 Å². The molecule has 4 nitrogen and oxygen atoms in total. The summed E-state index contributed by atoms with van der Waals surface area (Å²) in [6.45, 7) is 5.55. The number of allylic oxidation sites excluding steroid dienone is 3. The Morgan fingerprint density at radius 2 is 2.12 bits per heavy atom. The fraction of sp³-hybridized carbons (Fsp3) is 0.176. The Kier molecular flexibility index (Phi) is 6.10. The van der Waals surface area contributed by atoms with E-state index in [0.29, 0.717) is 20.8 Å². The number of halogens is 3. The second-order valence-electron chi connectivity index (χ2n) is 5.14. The van der Waals surface area contributed by atoms with Crippen molar-refractivity contribution in [2.24, 2.45) is 5.10 Å². The van der Waals surface area contributed by atoms with E-state index in [1.165, 1.54) is 0 Å². The SMILES string of the molecule is C=C/C(=C\C=C(/C)Cl)C1CC(C(=O)O)=NN1c1ccc(Cl)cc1Cl. The summed E-state index contributed by atoms with van der Waals surface area (Å²) in [5.74, 6) is -1.07. The van der Waals surface area contributed by atoms with Crippen LogP contribution in [-0.2, 0) is 4.79 Å². The maximum absolute atomic E-state index is 11.4. The van der Waals surface area contributed by atoms with Gasteiger partial charge in [-0.3, -0.25) is 5.01 Å². The minimum absolute atomic E-state index is 0.0466. The lowest BCUT2D eigenvalue weighted by molar-refractivity contribution is -0.129. The number of hydrogen-bond acceptors (Lipinski definition) is 3. The highest BCUT2D eigenvalue weighted by atomic mass is 35.5. The van der Waals surface area contributed by atoms with Crippen molar-refractivity contribution < 1.29 is 9.90 Å². The molecule has 1 unspecified atom stereocenters. The predicted molar refractivity (Wildman–Crippen MR) is 100 cm³/mol. The smallest absolute Gasteiger partial charge is 0.352 e. The van der Waals surface area contributed by atoms with Crippen LogP contribution in [-0.4, -0.2) is 22.8 Å². The first-order chi connectivity index (χ1) is 11.3. The number of carbonyl (C=O) groups is 1. The molecule has 1 aliphatic rings. The zero-order valence-electron chi connectivity index (χ0n) is 12.8. The van der Waals surface area contributed by atoms with Crippen molar-refractivity contribution in [3.8, 4) is 0 Å². The Morgan fingerprint density at radius 1 is 1.42 bits per heavy atom. The number of carboxylic acid groups (broad SMARTS) is 1. The molecule has 0 saturated carbocycles. The highest BCUT2D eigenvalue weighted by Crippen LogP contribution is 2.35. The zero-order chi connectivity index (χ0) is 17.9. The first-order valence-electron chi connectivity index (χ1n) is 7.05. The summed E-state index contributed by atoms with van der Waals surface area (Å²) < 4.78 is 0. The second-order valence-corrected chi connectivity index (χ2v) is 6.58. The van der Waals surface area contributed by atoms with Crippen LogP contribution in [0.15, 0.2) is 58.7 Å². The fourth-order valence-electron chi connectivity index (χ4n) is 2.31. The van der Waals surface area contributed by atoms with E-state index >= 15 is 0 Å².